The van der Waals surface area contributed by atoms with Gasteiger partial charge in [-0.3, -0.25) is 14.7 Å². The van der Waals surface area contributed by atoms with Gasteiger partial charge in [0.15, 0.2) is 5.28 Å². The minimum absolute atomic E-state index is 0.0744. The summed E-state index contributed by atoms with van der Waals surface area (Å²) in [5.74, 6) is -0.769. The average molecular weight is 518 g/mol. The molecule has 0 radical (unpaired) electrons. The number of nitrogens with one attached hydrogen (secondary N) is 1. The maximum atomic E-state index is 13.2. The number of carboxylic acids is 1. The van der Waals surface area contributed by atoms with Crippen LogP contribution in [-0.2, 0) is 21.1 Å². The van der Waals surface area contributed by atoms with Gasteiger partial charge in [-0.25, -0.2) is 0 Å². The van der Waals surface area contributed by atoms with Crippen molar-refractivity contribution >= 4 is 13.6 Å². The SMILES string of the molecule is COc1cc(-c2ccccc2)ccc1CC(NC(c1ccccc1)(c1ccccc1)P(=O)(O)O)C(=O)O. The second kappa shape index (κ2) is 11.1. The van der Waals surface area contributed by atoms with Crippen LogP contribution in [0.5, 0.6) is 5.75 Å². The van der Waals surface area contributed by atoms with Crippen molar-refractivity contribution in [3.05, 3.63) is 126 Å². The third-order valence-corrected chi connectivity index (χ3v) is 7.84. The van der Waals surface area contributed by atoms with E-state index in [4.69, 9.17) is 4.74 Å². The van der Waals surface area contributed by atoms with Gasteiger partial charge in [-0.1, -0.05) is 103 Å². The highest BCUT2D eigenvalue weighted by molar-refractivity contribution is 7.53. The molecule has 8 heteroatoms. The molecule has 1 atom stereocenters. The van der Waals surface area contributed by atoms with Crippen LogP contribution in [0.25, 0.3) is 11.1 Å². The topological polar surface area (TPSA) is 116 Å². The number of benzene rings is 4. The Kier molecular flexibility index (Phi) is 7.91. The zero-order chi connectivity index (χ0) is 26.5. The summed E-state index contributed by atoms with van der Waals surface area (Å²) < 4.78 is 18.8. The normalized spacial score (nSPS) is 12.6. The van der Waals surface area contributed by atoms with E-state index in [0.717, 1.165) is 11.1 Å². The Morgan fingerprint density at radius 1 is 0.838 bits per heavy atom. The number of hydrogen-bond acceptors (Lipinski definition) is 4. The summed E-state index contributed by atoms with van der Waals surface area (Å²) in [5, 5.41) is 11.0. The molecule has 0 saturated carbocycles. The van der Waals surface area contributed by atoms with E-state index in [1.807, 2.05) is 42.5 Å². The number of methoxy groups -OCH3 is 1. The lowest BCUT2D eigenvalue weighted by Gasteiger charge is -2.38. The highest BCUT2D eigenvalue weighted by Crippen LogP contribution is 2.59. The molecule has 7 nitrogen and oxygen atoms in total. The van der Waals surface area contributed by atoms with Gasteiger partial charge in [-0.05, 0) is 33.9 Å². The van der Waals surface area contributed by atoms with Crippen molar-refractivity contribution in [3.63, 3.8) is 0 Å². The minimum atomic E-state index is -5.02. The number of aliphatic carboxylic acids is 1. The van der Waals surface area contributed by atoms with E-state index in [-0.39, 0.29) is 17.5 Å². The Balaban J connectivity index is 1.79. The van der Waals surface area contributed by atoms with Crippen molar-refractivity contribution < 1.29 is 29.0 Å². The van der Waals surface area contributed by atoms with Crippen molar-refractivity contribution in [2.24, 2.45) is 0 Å². The molecule has 4 aromatic carbocycles. The lowest BCUT2D eigenvalue weighted by Crippen LogP contribution is -2.52. The first-order chi connectivity index (χ1) is 17.8. The molecule has 0 aliphatic rings. The molecule has 1 unspecified atom stereocenters. The Morgan fingerprint density at radius 3 is 1.81 bits per heavy atom. The zero-order valence-electron chi connectivity index (χ0n) is 20.2. The van der Waals surface area contributed by atoms with E-state index in [1.54, 1.807) is 66.7 Å². The van der Waals surface area contributed by atoms with E-state index in [1.165, 1.54) is 7.11 Å². The van der Waals surface area contributed by atoms with Crippen LogP contribution in [0.4, 0.5) is 0 Å². The van der Waals surface area contributed by atoms with E-state index in [2.05, 4.69) is 5.32 Å². The van der Waals surface area contributed by atoms with Gasteiger partial charge in [-0.2, -0.15) is 0 Å². The Bertz CT molecular complexity index is 1350. The molecule has 0 spiro atoms. The average Bonchev–Trinajstić information content (AvgIpc) is 2.91. The largest absolute Gasteiger partial charge is 0.496 e. The molecule has 37 heavy (non-hydrogen) atoms. The lowest BCUT2D eigenvalue weighted by molar-refractivity contribution is -0.139. The molecule has 4 N–H and O–H groups in total. The van der Waals surface area contributed by atoms with Gasteiger partial charge < -0.3 is 19.6 Å². The quantitative estimate of drug-likeness (QED) is 0.218. The number of ether oxygens (including phenoxy) is 1. The van der Waals surface area contributed by atoms with Gasteiger partial charge >= 0.3 is 13.6 Å². The van der Waals surface area contributed by atoms with Crippen molar-refractivity contribution in [1.29, 1.82) is 0 Å². The van der Waals surface area contributed by atoms with Crippen LogP contribution >= 0.6 is 7.60 Å². The summed E-state index contributed by atoms with van der Waals surface area (Å²) in [6.07, 6.45) is -0.0744. The van der Waals surface area contributed by atoms with E-state index in [0.29, 0.717) is 11.3 Å². The van der Waals surface area contributed by atoms with Crippen LogP contribution < -0.4 is 10.1 Å². The van der Waals surface area contributed by atoms with Crippen molar-refractivity contribution in [2.75, 3.05) is 7.11 Å². The van der Waals surface area contributed by atoms with Gasteiger partial charge in [-0.15, -0.1) is 0 Å². The van der Waals surface area contributed by atoms with Crippen molar-refractivity contribution in [2.45, 2.75) is 17.7 Å². The van der Waals surface area contributed by atoms with Crippen LogP contribution in [-0.4, -0.2) is 34.0 Å². The molecule has 0 bridgehead atoms. The summed E-state index contributed by atoms with van der Waals surface area (Å²) in [6, 6.07) is 30.2. The van der Waals surface area contributed by atoms with Crippen molar-refractivity contribution in [1.82, 2.24) is 5.32 Å². The first-order valence-electron chi connectivity index (χ1n) is 11.7. The molecule has 0 aliphatic carbocycles. The van der Waals surface area contributed by atoms with Gasteiger partial charge in [0, 0.05) is 6.42 Å². The molecule has 0 saturated heterocycles. The summed E-state index contributed by atoms with van der Waals surface area (Å²) in [5.41, 5.74) is 2.98. The Morgan fingerprint density at radius 2 is 1.35 bits per heavy atom. The first kappa shape index (κ1) is 26.3. The van der Waals surface area contributed by atoms with Crippen molar-refractivity contribution in [3.8, 4) is 16.9 Å². The molecular weight excluding hydrogens is 489 g/mol. The van der Waals surface area contributed by atoms with Crippen LogP contribution in [0, 0.1) is 0 Å². The summed E-state index contributed by atoms with van der Waals surface area (Å²) in [6.45, 7) is 0. The fourth-order valence-electron chi connectivity index (χ4n) is 4.51. The summed E-state index contributed by atoms with van der Waals surface area (Å²) in [4.78, 5) is 34.0. The third kappa shape index (κ3) is 5.50. The second-order valence-corrected chi connectivity index (χ2v) is 10.4. The standard InChI is InChI=1S/C29H28NO6P/c1-36-27-20-22(21-11-5-2-6-12-21)17-18-23(27)19-26(28(31)32)30-29(37(33,34)35,24-13-7-3-8-14-24)25-15-9-4-10-16-25/h2-18,20,26,30H,19H2,1H3,(H,31,32)(H2,33,34,35). The highest BCUT2D eigenvalue weighted by atomic mass is 31.2. The molecule has 4 rings (SSSR count). The maximum Gasteiger partial charge on any atom is 0.354 e. The zero-order valence-corrected chi connectivity index (χ0v) is 21.1. The highest BCUT2D eigenvalue weighted by Gasteiger charge is 2.52. The predicted molar refractivity (Wildman–Crippen MR) is 142 cm³/mol. The molecule has 0 fully saturated rings. The van der Waals surface area contributed by atoms with E-state index in [9.17, 15) is 24.3 Å². The third-order valence-electron chi connectivity index (χ3n) is 6.32. The summed E-state index contributed by atoms with van der Waals surface area (Å²) in [7, 11) is -3.52. The number of hydrogen-bond donors (Lipinski definition) is 4. The van der Waals surface area contributed by atoms with Gasteiger partial charge in [0.05, 0.1) is 7.11 Å². The number of carbonyl (C=O) groups is 1. The minimum Gasteiger partial charge on any atom is -0.496 e. The lowest BCUT2D eigenvalue weighted by atomic mass is 9.94. The van der Waals surface area contributed by atoms with Gasteiger partial charge in [0.1, 0.15) is 11.8 Å². The van der Waals surface area contributed by atoms with Gasteiger partial charge in [0.2, 0.25) is 0 Å². The fourth-order valence-corrected chi connectivity index (χ4v) is 5.80. The molecule has 0 aromatic heterocycles. The smallest absolute Gasteiger partial charge is 0.354 e. The molecule has 0 heterocycles. The molecule has 4 aromatic rings. The first-order valence-corrected chi connectivity index (χ1v) is 13.3. The Labute approximate surface area is 215 Å². The summed E-state index contributed by atoms with van der Waals surface area (Å²) >= 11 is 0. The van der Waals surface area contributed by atoms with E-state index >= 15 is 0 Å². The Hall–Kier alpha value is -3.74. The molecular formula is C29H28NO6P. The molecule has 190 valence electrons. The predicted octanol–water partition coefficient (Wildman–Crippen LogP) is 5.03. The number of rotatable bonds is 10. The van der Waals surface area contributed by atoms with E-state index < -0.39 is 24.9 Å². The second-order valence-electron chi connectivity index (χ2n) is 8.62. The van der Waals surface area contributed by atoms with Gasteiger partial charge in [0.25, 0.3) is 0 Å². The van der Waals surface area contributed by atoms with Crippen LogP contribution in [0.3, 0.4) is 0 Å². The molecule has 0 amide bonds. The fraction of sp³-hybridized carbons (Fsp3) is 0.138. The van der Waals surface area contributed by atoms with Crippen LogP contribution in [0.15, 0.2) is 109 Å². The monoisotopic (exact) mass is 517 g/mol. The number of carboxylic acid groups (broad SMARTS) is 1. The van der Waals surface area contributed by atoms with Crippen LogP contribution in [0.1, 0.15) is 16.7 Å². The maximum absolute atomic E-state index is 13.2. The van der Waals surface area contributed by atoms with Crippen LogP contribution in [0.2, 0.25) is 0 Å². The molecule has 0 aliphatic heterocycles.